The molecule has 0 N–H and O–H groups in total. The van der Waals surface area contributed by atoms with Gasteiger partial charge in [-0.2, -0.15) is 0 Å². The molecule has 1 saturated heterocycles. The van der Waals surface area contributed by atoms with Gasteiger partial charge in [0.05, 0.1) is 25.6 Å². The maximum absolute atomic E-state index is 11.9. The first kappa shape index (κ1) is 14.5. The van der Waals surface area contributed by atoms with Crippen LogP contribution in [0.5, 0.6) is 0 Å². The number of carbonyl (C=O) groups is 2. The predicted octanol–water partition coefficient (Wildman–Crippen LogP) is 1.83. The molecule has 0 aromatic heterocycles. The molecular formula is C13H21NO4. The van der Waals surface area contributed by atoms with Crippen molar-refractivity contribution < 1.29 is 19.1 Å². The van der Waals surface area contributed by atoms with E-state index in [-0.39, 0.29) is 29.9 Å². The van der Waals surface area contributed by atoms with E-state index in [0.717, 1.165) is 0 Å². The molecule has 0 radical (unpaired) electrons. The highest BCUT2D eigenvalue weighted by Gasteiger charge is 2.39. The molecule has 0 aromatic carbocycles. The Morgan fingerprint density at radius 3 is 2.56 bits per heavy atom. The molecule has 1 rings (SSSR count). The Balaban J connectivity index is 3.00. The minimum Gasteiger partial charge on any atom is -0.469 e. The second-order valence-corrected chi connectivity index (χ2v) is 4.62. The second kappa shape index (κ2) is 6.42. The van der Waals surface area contributed by atoms with Crippen LogP contribution >= 0.6 is 0 Å². The van der Waals surface area contributed by atoms with Gasteiger partial charge in [-0.1, -0.05) is 26.0 Å². The Bertz CT molecular complexity index is 338. The van der Waals surface area contributed by atoms with E-state index < -0.39 is 0 Å². The molecule has 102 valence electrons. The molecule has 5 nitrogen and oxygen atoms in total. The molecule has 0 unspecified atom stereocenters. The van der Waals surface area contributed by atoms with Gasteiger partial charge in [0.2, 0.25) is 0 Å². The third-order valence-electron chi connectivity index (χ3n) is 3.10. The summed E-state index contributed by atoms with van der Waals surface area (Å²) in [5.41, 5.74) is 0. The Hall–Kier alpha value is -1.52. The zero-order valence-corrected chi connectivity index (χ0v) is 11.4. The summed E-state index contributed by atoms with van der Waals surface area (Å²) in [6.07, 6.45) is 3.33. The first-order valence-electron chi connectivity index (χ1n) is 6.17. The first-order chi connectivity index (χ1) is 8.52. The van der Waals surface area contributed by atoms with E-state index in [4.69, 9.17) is 9.47 Å². The molecular weight excluding hydrogens is 234 g/mol. The van der Waals surface area contributed by atoms with Gasteiger partial charge in [0.25, 0.3) is 0 Å². The van der Waals surface area contributed by atoms with Crippen LogP contribution < -0.4 is 0 Å². The Morgan fingerprint density at radius 1 is 1.50 bits per heavy atom. The van der Waals surface area contributed by atoms with Crippen molar-refractivity contribution in [2.45, 2.75) is 26.8 Å². The summed E-state index contributed by atoms with van der Waals surface area (Å²) in [6.45, 7) is 6.63. The summed E-state index contributed by atoms with van der Waals surface area (Å²) < 4.78 is 9.78. The number of hydrogen-bond donors (Lipinski definition) is 0. The largest absolute Gasteiger partial charge is 0.469 e. The van der Waals surface area contributed by atoms with Crippen molar-refractivity contribution >= 4 is 12.1 Å². The molecule has 1 heterocycles. The van der Waals surface area contributed by atoms with E-state index in [0.29, 0.717) is 13.2 Å². The molecule has 1 aliphatic heterocycles. The number of allylic oxidation sites excluding steroid dienone is 1. The van der Waals surface area contributed by atoms with E-state index in [9.17, 15) is 9.59 Å². The van der Waals surface area contributed by atoms with Crippen LogP contribution in [0.3, 0.4) is 0 Å². The van der Waals surface area contributed by atoms with E-state index in [1.54, 1.807) is 4.90 Å². The van der Waals surface area contributed by atoms with Gasteiger partial charge < -0.3 is 9.47 Å². The van der Waals surface area contributed by atoms with Gasteiger partial charge in [-0.15, -0.1) is 0 Å². The lowest BCUT2D eigenvalue weighted by Crippen LogP contribution is -2.45. The lowest BCUT2D eigenvalue weighted by molar-refractivity contribution is -0.148. The fourth-order valence-electron chi connectivity index (χ4n) is 2.23. The van der Waals surface area contributed by atoms with Crippen molar-refractivity contribution in [3.05, 3.63) is 12.2 Å². The second-order valence-electron chi connectivity index (χ2n) is 4.62. The van der Waals surface area contributed by atoms with Crippen molar-refractivity contribution in [2.24, 2.45) is 11.8 Å². The van der Waals surface area contributed by atoms with Gasteiger partial charge in [0.15, 0.2) is 0 Å². The molecule has 0 saturated carbocycles. The summed E-state index contributed by atoms with van der Waals surface area (Å²) in [4.78, 5) is 25.1. The molecule has 0 bridgehead atoms. The number of hydrogen-bond acceptors (Lipinski definition) is 4. The maximum atomic E-state index is 11.9. The van der Waals surface area contributed by atoms with Gasteiger partial charge in [0, 0.05) is 0 Å². The van der Waals surface area contributed by atoms with Gasteiger partial charge in [0.1, 0.15) is 6.61 Å². The van der Waals surface area contributed by atoms with E-state index in [2.05, 4.69) is 0 Å². The van der Waals surface area contributed by atoms with Crippen molar-refractivity contribution in [3.63, 3.8) is 0 Å². The molecule has 1 amide bonds. The van der Waals surface area contributed by atoms with E-state index >= 15 is 0 Å². The predicted molar refractivity (Wildman–Crippen MR) is 67.0 cm³/mol. The lowest BCUT2D eigenvalue weighted by Gasteiger charge is -2.31. The third-order valence-corrected chi connectivity index (χ3v) is 3.10. The van der Waals surface area contributed by atoms with Gasteiger partial charge in [-0.05, 0) is 12.8 Å². The molecule has 2 atom stereocenters. The molecule has 0 aliphatic carbocycles. The van der Waals surface area contributed by atoms with E-state index in [1.165, 1.54) is 7.11 Å². The normalized spacial score (nSPS) is 19.2. The highest BCUT2D eigenvalue weighted by Crippen LogP contribution is 2.25. The molecule has 5 heteroatoms. The topological polar surface area (TPSA) is 55.8 Å². The van der Waals surface area contributed by atoms with Gasteiger partial charge >= 0.3 is 12.1 Å². The van der Waals surface area contributed by atoms with Crippen molar-refractivity contribution in [2.75, 3.05) is 20.3 Å². The van der Waals surface area contributed by atoms with Crippen LogP contribution in [0, 0.1) is 11.8 Å². The number of nitrogens with zero attached hydrogens (tertiary/aromatic N) is 1. The average Bonchev–Trinajstić information content (AvgIpc) is 2.74. The van der Waals surface area contributed by atoms with Crippen LogP contribution in [0.2, 0.25) is 0 Å². The standard InChI is InChI=1S/C13H21NO4/c1-5-6-10(14-7-8-18-13(14)16)11(9(2)3)12(15)17-4/h5-6,9-11H,7-8H2,1-4H3/b6-5+/t10-,11+/m1/s1. The number of ether oxygens (including phenoxy) is 2. The van der Waals surface area contributed by atoms with Crippen molar-refractivity contribution in [1.82, 2.24) is 4.90 Å². The van der Waals surface area contributed by atoms with Crippen LogP contribution in [-0.4, -0.2) is 43.3 Å². The highest BCUT2D eigenvalue weighted by atomic mass is 16.6. The quantitative estimate of drug-likeness (QED) is 0.555. The van der Waals surface area contributed by atoms with Crippen LogP contribution in [0.25, 0.3) is 0 Å². The monoisotopic (exact) mass is 255 g/mol. The maximum Gasteiger partial charge on any atom is 0.410 e. The molecule has 18 heavy (non-hydrogen) atoms. The van der Waals surface area contributed by atoms with Crippen LogP contribution in [0.15, 0.2) is 12.2 Å². The summed E-state index contributed by atoms with van der Waals surface area (Å²) >= 11 is 0. The highest BCUT2D eigenvalue weighted by molar-refractivity contribution is 5.76. The Morgan fingerprint density at radius 2 is 2.17 bits per heavy atom. The molecule has 1 aliphatic rings. The fourth-order valence-corrected chi connectivity index (χ4v) is 2.23. The zero-order valence-electron chi connectivity index (χ0n) is 11.4. The number of esters is 1. The number of cyclic esters (lactones) is 1. The summed E-state index contributed by atoms with van der Waals surface area (Å²) in [5.74, 6) is -0.600. The Kier molecular flexibility index (Phi) is 5.19. The van der Waals surface area contributed by atoms with Crippen molar-refractivity contribution in [1.29, 1.82) is 0 Å². The summed E-state index contributed by atoms with van der Waals surface area (Å²) in [7, 11) is 1.37. The fraction of sp³-hybridized carbons (Fsp3) is 0.692. The van der Waals surface area contributed by atoms with Gasteiger partial charge in [-0.3, -0.25) is 9.69 Å². The van der Waals surface area contributed by atoms with Crippen LogP contribution in [-0.2, 0) is 14.3 Å². The Labute approximate surface area is 108 Å². The molecule has 1 fully saturated rings. The lowest BCUT2D eigenvalue weighted by atomic mass is 9.87. The van der Waals surface area contributed by atoms with Crippen LogP contribution in [0.4, 0.5) is 4.79 Å². The van der Waals surface area contributed by atoms with Gasteiger partial charge in [-0.25, -0.2) is 4.79 Å². The zero-order chi connectivity index (χ0) is 13.7. The third kappa shape index (κ3) is 3.03. The van der Waals surface area contributed by atoms with Crippen molar-refractivity contribution in [3.8, 4) is 0 Å². The minimum atomic E-state index is -0.378. The summed E-state index contributed by atoms with van der Waals surface area (Å²) in [5, 5.41) is 0. The number of amides is 1. The van der Waals surface area contributed by atoms with E-state index in [1.807, 2.05) is 32.9 Å². The number of carbonyl (C=O) groups excluding carboxylic acids is 2. The smallest absolute Gasteiger partial charge is 0.410 e. The molecule has 0 spiro atoms. The minimum absolute atomic E-state index is 0.0760. The molecule has 0 aromatic rings. The van der Waals surface area contributed by atoms with Crippen LogP contribution in [0.1, 0.15) is 20.8 Å². The average molecular weight is 255 g/mol. The number of methoxy groups -OCH3 is 1. The SMILES string of the molecule is C/C=C/[C@H]([C@@H](C(=O)OC)C(C)C)N1CCOC1=O. The number of rotatable bonds is 5. The summed E-state index contributed by atoms with van der Waals surface area (Å²) in [6, 6.07) is -0.308. The first-order valence-corrected chi connectivity index (χ1v) is 6.17.